The highest BCUT2D eigenvalue weighted by atomic mass is 35.5. The van der Waals surface area contributed by atoms with Gasteiger partial charge in [0.2, 0.25) is 5.95 Å². The second-order valence-corrected chi connectivity index (χ2v) is 5.97. The molecule has 0 N–H and O–H groups in total. The van der Waals surface area contributed by atoms with Gasteiger partial charge in [-0.3, -0.25) is 14.2 Å². The summed E-state index contributed by atoms with van der Waals surface area (Å²) in [5, 5.41) is 1.99. The number of Topliss-reactive ketones (excluding diaryl/α,β-unsaturated/α-hetero) is 1. The standard InChI is InChI=1S/C14H9ClFN3O2S/c1-7(20)4-19-6-18-13-11(14(19)21)9(5-22-13)8-2-10(15)12(16)17-3-8/h2-3,5-6H,4H2,1H3. The van der Waals surface area contributed by atoms with E-state index in [2.05, 4.69) is 9.97 Å². The van der Waals surface area contributed by atoms with Gasteiger partial charge in [0.25, 0.3) is 5.56 Å². The van der Waals surface area contributed by atoms with Crippen LogP contribution in [0, 0.1) is 5.95 Å². The molecule has 5 nitrogen and oxygen atoms in total. The molecular weight excluding hydrogens is 329 g/mol. The first kappa shape index (κ1) is 14.8. The van der Waals surface area contributed by atoms with Crippen LogP contribution in [0.3, 0.4) is 0 Å². The lowest BCUT2D eigenvalue weighted by Crippen LogP contribution is -2.23. The largest absolute Gasteiger partial charge is 0.298 e. The lowest BCUT2D eigenvalue weighted by Gasteiger charge is -2.04. The fourth-order valence-corrected chi connectivity index (χ4v) is 3.17. The zero-order valence-corrected chi connectivity index (χ0v) is 12.9. The molecule has 22 heavy (non-hydrogen) atoms. The first-order chi connectivity index (χ1) is 10.5. The third-order valence-electron chi connectivity index (χ3n) is 3.06. The lowest BCUT2D eigenvalue weighted by molar-refractivity contribution is -0.117. The van der Waals surface area contributed by atoms with E-state index in [1.54, 1.807) is 5.38 Å². The van der Waals surface area contributed by atoms with E-state index < -0.39 is 5.95 Å². The van der Waals surface area contributed by atoms with E-state index in [9.17, 15) is 14.0 Å². The average Bonchev–Trinajstić information content (AvgIpc) is 2.89. The van der Waals surface area contributed by atoms with Gasteiger partial charge in [-0.25, -0.2) is 9.97 Å². The van der Waals surface area contributed by atoms with Crippen LogP contribution in [-0.4, -0.2) is 20.3 Å². The zero-order valence-electron chi connectivity index (χ0n) is 11.3. The molecule has 3 rings (SSSR count). The lowest BCUT2D eigenvalue weighted by atomic mass is 10.1. The number of nitrogens with zero attached hydrogens (tertiary/aromatic N) is 3. The van der Waals surface area contributed by atoms with Gasteiger partial charge in [0.15, 0.2) is 0 Å². The SMILES string of the molecule is CC(=O)Cn1cnc2scc(-c3cnc(F)c(Cl)c3)c2c1=O. The minimum Gasteiger partial charge on any atom is -0.298 e. The van der Waals surface area contributed by atoms with Crippen LogP contribution in [0.15, 0.2) is 28.8 Å². The molecule has 0 amide bonds. The molecule has 0 bridgehead atoms. The first-order valence-electron chi connectivity index (χ1n) is 6.25. The summed E-state index contributed by atoms with van der Waals surface area (Å²) >= 11 is 7.03. The monoisotopic (exact) mass is 337 g/mol. The van der Waals surface area contributed by atoms with Crippen molar-refractivity contribution in [3.63, 3.8) is 0 Å². The Labute approximate surface area is 133 Å². The van der Waals surface area contributed by atoms with Crippen LogP contribution in [0.25, 0.3) is 21.3 Å². The predicted octanol–water partition coefficient (Wildman–Crippen LogP) is 2.90. The van der Waals surface area contributed by atoms with E-state index >= 15 is 0 Å². The highest BCUT2D eigenvalue weighted by molar-refractivity contribution is 7.17. The van der Waals surface area contributed by atoms with Crippen molar-refractivity contribution >= 4 is 38.9 Å². The minimum atomic E-state index is -0.767. The molecule has 0 spiro atoms. The number of hydrogen-bond acceptors (Lipinski definition) is 5. The molecule has 0 fully saturated rings. The highest BCUT2D eigenvalue weighted by Gasteiger charge is 2.15. The van der Waals surface area contributed by atoms with Gasteiger partial charge < -0.3 is 0 Å². The van der Waals surface area contributed by atoms with Gasteiger partial charge in [-0.1, -0.05) is 11.6 Å². The number of aromatic nitrogens is 3. The summed E-state index contributed by atoms with van der Waals surface area (Å²) < 4.78 is 14.4. The molecule has 8 heteroatoms. The molecule has 0 radical (unpaired) electrons. The van der Waals surface area contributed by atoms with Crippen molar-refractivity contribution in [2.75, 3.05) is 0 Å². The number of carbonyl (C=O) groups is 1. The zero-order chi connectivity index (χ0) is 15.9. The topological polar surface area (TPSA) is 64.8 Å². The van der Waals surface area contributed by atoms with Gasteiger partial charge in [0.1, 0.15) is 10.6 Å². The Morgan fingerprint density at radius 1 is 1.45 bits per heavy atom. The fourth-order valence-electron chi connectivity index (χ4n) is 2.10. The summed E-state index contributed by atoms with van der Waals surface area (Å²) in [6, 6.07) is 1.41. The molecule has 0 saturated carbocycles. The smallest absolute Gasteiger partial charge is 0.263 e. The van der Waals surface area contributed by atoms with Crippen molar-refractivity contribution in [1.82, 2.24) is 14.5 Å². The summed E-state index contributed by atoms with van der Waals surface area (Å²) in [5.41, 5.74) is 0.777. The number of carbonyl (C=O) groups excluding carboxylic acids is 1. The number of thiophene rings is 1. The summed E-state index contributed by atoms with van der Waals surface area (Å²) in [6.45, 7) is 1.36. The first-order valence-corrected chi connectivity index (χ1v) is 7.50. The van der Waals surface area contributed by atoms with Gasteiger partial charge in [0, 0.05) is 22.7 Å². The number of rotatable bonds is 3. The second kappa shape index (κ2) is 5.58. The van der Waals surface area contributed by atoms with E-state index in [0.29, 0.717) is 21.3 Å². The van der Waals surface area contributed by atoms with Crippen LogP contribution < -0.4 is 5.56 Å². The van der Waals surface area contributed by atoms with Crippen LogP contribution >= 0.6 is 22.9 Å². The third-order valence-corrected chi connectivity index (χ3v) is 4.21. The summed E-state index contributed by atoms with van der Waals surface area (Å²) in [5.74, 6) is -0.913. The summed E-state index contributed by atoms with van der Waals surface area (Å²) in [7, 11) is 0. The van der Waals surface area contributed by atoms with Gasteiger partial charge in [-0.2, -0.15) is 4.39 Å². The van der Waals surface area contributed by atoms with Crippen LogP contribution in [0.4, 0.5) is 4.39 Å². The van der Waals surface area contributed by atoms with Crippen molar-refractivity contribution in [2.24, 2.45) is 0 Å². The van der Waals surface area contributed by atoms with Crippen molar-refractivity contribution in [2.45, 2.75) is 13.5 Å². The number of fused-ring (bicyclic) bond motifs is 1. The Morgan fingerprint density at radius 3 is 2.91 bits per heavy atom. The highest BCUT2D eigenvalue weighted by Crippen LogP contribution is 2.31. The second-order valence-electron chi connectivity index (χ2n) is 4.71. The summed E-state index contributed by atoms with van der Waals surface area (Å²) in [4.78, 5) is 32.0. The van der Waals surface area contributed by atoms with Crippen molar-refractivity contribution in [3.05, 3.63) is 45.3 Å². The maximum absolute atomic E-state index is 13.2. The van der Waals surface area contributed by atoms with Gasteiger partial charge in [0.05, 0.1) is 23.3 Å². The molecule has 3 aromatic rings. The Bertz CT molecular complexity index is 951. The Kier molecular flexibility index (Phi) is 3.76. The van der Waals surface area contributed by atoms with E-state index in [1.165, 1.54) is 41.4 Å². The molecule has 3 aromatic heterocycles. The van der Waals surface area contributed by atoms with E-state index in [0.717, 1.165) is 0 Å². The summed E-state index contributed by atoms with van der Waals surface area (Å²) in [6.07, 6.45) is 2.66. The molecule has 0 aliphatic rings. The van der Waals surface area contributed by atoms with Gasteiger partial charge in [-0.05, 0) is 13.0 Å². The number of ketones is 1. The van der Waals surface area contributed by atoms with Gasteiger partial charge in [-0.15, -0.1) is 11.3 Å². The molecular formula is C14H9ClFN3O2S. The van der Waals surface area contributed by atoms with Crippen LogP contribution in [0.5, 0.6) is 0 Å². The molecule has 3 heterocycles. The van der Waals surface area contributed by atoms with Crippen molar-refractivity contribution < 1.29 is 9.18 Å². The van der Waals surface area contributed by atoms with E-state index in [-0.39, 0.29) is 22.9 Å². The molecule has 0 aliphatic carbocycles. The number of halogens is 2. The van der Waals surface area contributed by atoms with Crippen molar-refractivity contribution in [3.8, 4) is 11.1 Å². The quantitative estimate of drug-likeness (QED) is 0.689. The predicted molar refractivity (Wildman–Crippen MR) is 82.8 cm³/mol. The van der Waals surface area contributed by atoms with Crippen molar-refractivity contribution in [1.29, 1.82) is 0 Å². The molecule has 0 unspecified atom stereocenters. The van der Waals surface area contributed by atoms with Gasteiger partial charge >= 0.3 is 0 Å². The maximum atomic E-state index is 13.2. The molecule has 0 aliphatic heterocycles. The van der Waals surface area contributed by atoms with E-state index in [1.807, 2.05) is 0 Å². The van der Waals surface area contributed by atoms with Crippen LogP contribution in [-0.2, 0) is 11.3 Å². The number of hydrogen-bond donors (Lipinski definition) is 0. The Balaban J connectivity index is 2.24. The molecule has 0 aromatic carbocycles. The third kappa shape index (κ3) is 2.53. The molecule has 0 atom stereocenters. The van der Waals surface area contributed by atoms with Crippen LogP contribution in [0.2, 0.25) is 5.02 Å². The fraction of sp³-hybridized carbons (Fsp3) is 0.143. The molecule has 0 saturated heterocycles. The Morgan fingerprint density at radius 2 is 2.23 bits per heavy atom. The molecule has 112 valence electrons. The normalized spacial score (nSPS) is 11.0. The Hall–Kier alpha value is -2.12. The minimum absolute atomic E-state index is 0.0422. The maximum Gasteiger partial charge on any atom is 0.263 e. The van der Waals surface area contributed by atoms with Crippen LogP contribution in [0.1, 0.15) is 6.92 Å². The van der Waals surface area contributed by atoms with E-state index in [4.69, 9.17) is 11.6 Å². The average molecular weight is 338 g/mol. The number of pyridine rings is 1.